The molecule has 0 bridgehead atoms. The standard InChI is InChI=1S/C18H16ClF3N2O2/c19-14-5-3-13(4-6-14)17(9-10-23-11-17)24-16(25)12-1-7-15(8-2-12)26-18(20,21)22/h1-8,23H,9-11H2,(H,24,25)/t17-/m1/s1. The molecule has 0 radical (unpaired) electrons. The molecule has 1 saturated heterocycles. The van der Waals surface area contributed by atoms with E-state index in [2.05, 4.69) is 15.4 Å². The van der Waals surface area contributed by atoms with Gasteiger partial charge in [0.25, 0.3) is 5.91 Å². The van der Waals surface area contributed by atoms with E-state index in [0.29, 0.717) is 18.0 Å². The highest BCUT2D eigenvalue weighted by Gasteiger charge is 2.37. The summed E-state index contributed by atoms with van der Waals surface area (Å²) in [5.74, 6) is -0.744. The van der Waals surface area contributed by atoms with Gasteiger partial charge < -0.3 is 15.4 Å². The summed E-state index contributed by atoms with van der Waals surface area (Å²) < 4.78 is 40.5. The summed E-state index contributed by atoms with van der Waals surface area (Å²) in [6, 6.07) is 12.1. The molecule has 26 heavy (non-hydrogen) atoms. The fourth-order valence-electron chi connectivity index (χ4n) is 2.98. The van der Waals surface area contributed by atoms with Crippen molar-refractivity contribution in [2.75, 3.05) is 13.1 Å². The van der Waals surface area contributed by atoms with Crippen molar-refractivity contribution < 1.29 is 22.7 Å². The number of ether oxygens (including phenoxy) is 1. The quantitative estimate of drug-likeness (QED) is 0.841. The van der Waals surface area contributed by atoms with Crippen LogP contribution >= 0.6 is 11.6 Å². The number of hydrogen-bond donors (Lipinski definition) is 2. The molecule has 1 amide bonds. The second-order valence-corrected chi connectivity index (χ2v) is 6.48. The van der Waals surface area contributed by atoms with E-state index in [1.165, 1.54) is 12.1 Å². The van der Waals surface area contributed by atoms with Crippen LogP contribution in [0.1, 0.15) is 22.3 Å². The second kappa shape index (κ2) is 7.17. The molecule has 0 unspecified atom stereocenters. The van der Waals surface area contributed by atoms with Gasteiger partial charge in [-0.1, -0.05) is 23.7 Å². The summed E-state index contributed by atoms with van der Waals surface area (Å²) in [5, 5.41) is 6.83. The first-order valence-corrected chi connectivity index (χ1v) is 8.30. The van der Waals surface area contributed by atoms with Crippen LogP contribution in [0.2, 0.25) is 5.02 Å². The van der Waals surface area contributed by atoms with Gasteiger partial charge >= 0.3 is 6.36 Å². The maximum atomic E-state index is 12.6. The van der Waals surface area contributed by atoms with Crippen molar-refractivity contribution in [2.24, 2.45) is 0 Å². The molecular formula is C18H16ClF3N2O2. The van der Waals surface area contributed by atoms with Gasteiger partial charge in [-0.25, -0.2) is 0 Å². The van der Waals surface area contributed by atoms with Crippen molar-refractivity contribution in [3.8, 4) is 5.75 Å². The Morgan fingerprint density at radius 2 is 1.77 bits per heavy atom. The maximum absolute atomic E-state index is 12.6. The van der Waals surface area contributed by atoms with Crippen LogP contribution in [-0.2, 0) is 5.54 Å². The average molecular weight is 385 g/mol. The summed E-state index contributed by atoms with van der Waals surface area (Å²) in [7, 11) is 0. The molecule has 2 aromatic carbocycles. The van der Waals surface area contributed by atoms with Gasteiger partial charge in [0.15, 0.2) is 0 Å². The molecule has 1 fully saturated rings. The molecule has 4 nitrogen and oxygen atoms in total. The van der Waals surface area contributed by atoms with E-state index in [1.54, 1.807) is 12.1 Å². The fourth-order valence-corrected chi connectivity index (χ4v) is 3.11. The SMILES string of the molecule is O=C(N[C@]1(c2ccc(Cl)cc2)CCNC1)c1ccc(OC(F)(F)F)cc1. The van der Waals surface area contributed by atoms with E-state index in [0.717, 1.165) is 24.2 Å². The minimum absolute atomic E-state index is 0.250. The Hall–Kier alpha value is -2.25. The van der Waals surface area contributed by atoms with Crippen molar-refractivity contribution in [3.63, 3.8) is 0 Å². The summed E-state index contributed by atoms with van der Waals surface area (Å²) in [6.45, 7) is 1.29. The van der Waals surface area contributed by atoms with Crippen molar-refractivity contribution in [3.05, 3.63) is 64.7 Å². The molecule has 1 atom stereocenters. The lowest BCUT2D eigenvalue weighted by Gasteiger charge is -2.30. The third kappa shape index (κ3) is 4.28. The third-order valence-corrected chi connectivity index (χ3v) is 4.51. The Morgan fingerprint density at radius 1 is 1.12 bits per heavy atom. The number of alkyl halides is 3. The number of halogens is 4. The first kappa shape index (κ1) is 18.5. The fraction of sp³-hybridized carbons (Fsp3) is 0.278. The van der Waals surface area contributed by atoms with Crippen molar-refractivity contribution in [1.29, 1.82) is 0 Å². The highest BCUT2D eigenvalue weighted by molar-refractivity contribution is 6.30. The molecule has 0 saturated carbocycles. The third-order valence-electron chi connectivity index (χ3n) is 4.26. The maximum Gasteiger partial charge on any atom is 0.573 e. The number of amides is 1. The van der Waals surface area contributed by atoms with Crippen LogP contribution < -0.4 is 15.4 Å². The van der Waals surface area contributed by atoms with Crippen LogP contribution in [0.4, 0.5) is 13.2 Å². The van der Waals surface area contributed by atoms with Gasteiger partial charge in [-0.2, -0.15) is 0 Å². The number of hydrogen-bond acceptors (Lipinski definition) is 3. The second-order valence-electron chi connectivity index (χ2n) is 6.04. The van der Waals surface area contributed by atoms with Gasteiger partial charge in [0.05, 0.1) is 5.54 Å². The minimum atomic E-state index is -4.77. The van der Waals surface area contributed by atoms with Gasteiger partial charge in [0, 0.05) is 17.1 Å². The number of carbonyl (C=O) groups excluding carboxylic acids is 1. The topological polar surface area (TPSA) is 50.4 Å². The molecule has 3 rings (SSSR count). The van der Waals surface area contributed by atoms with Crippen LogP contribution in [-0.4, -0.2) is 25.4 Å². The molecule has 0 spiro atoms. The monoisotopic (exact) mass is 384 g/mol. The molecular weight excluding hydrogens is 369 g/mol. The predicted molar refractivity (Wildman–Crippen MR) is 91.2 cm³/mol. The zero-order valence-corrected chi connectivity index (χ0v) is 14.3. The van der Waals surface area contributed by atoms with Gasteiger partial charge in [0.1, 0.15) is 5.75 Å². The van der Waals surface area contributed by atoms with E-state index in [9.17, 15) is 18.0 Å². The number of benzene rings is 2. The zero-order valence-electron chi connectivity index (χ0n) is 13.6. The first-order valence-electron chi connectivity index (χ1n) is 7.93. The molecule has 2 aromatic rings. The van der Waals surface area contributed by atoms with Crippen LogP contribution in [0.15, 0.2) is 48.5 Å². The number of rotatable bonds is 4. The average Bonchev–Trinajstić information content (AvgIpc) is 3.04. The van der Waals surface area contributed by atoms with E-state index >= 15 is 0 Å². The van der Waals surface area contributed by atoms with Crippen LogP contribution in [0.5, 0.6) is 5.75 Å². The normalized spacial score (nSPS) is 20.0. The molecule has 1 aliphatic heterocycles. The predicted octanol–water partition coefficient (Wildman–Crippen LogP) is 3.86. The summed E-state index contributed by atoms with van der Waals surface area (Å²) in [4.78, 5) is 12.6. The zero-order chi connectivity index (χ0) is 18.8. The van der Waals surface area contributed by atoms with Crippen molar-refractivity contribution >= 4 is 17.5 Å². The first-order chi connectivity index (χ1) is 12.3. The van der Waals surface area contributed by atoms with Gasteiger partial charge in [0.2, 0.25) is 0 Å². The van der Waals surface area contributed by atoms with Crippen molar-refractivity contribution in [1.82, 2.24) is 10.6 Å². The Labute approximate surface area is 153 Å². The lowest BCUT2D eigenvalue weighted by atomic mass is 9.88. The lowest BCUT2D eigenvalue weighted by molar-refractivity contribution is -0.274. The Bertz CT molecular complexity index is 771. The van der Waals surface area contributed by atoms with E-state index in [4.69, 9.17) is 11.6 Å². The van der Waals surface area contributed by atoms with Crippen LogP contribution in [0.3, 0.4) is 0 Å². The summed E-state index contributed by atoms with van der Waals surface area (Å²) >= 11 is 5.93. The summed E-state index contributed by atoms with van der Waals surface area (Å²) in [5.41, 5.74) is 0.569. The van der Waals surface area contributed by atoms with Gasteiger partial charge in [-0.05, 0) is 54.9 Å². The van der Waals surface area contributed by atoms with E-state index < -0.39 is 11.9 Å². The van der Waals surface area contributed by atoms with Crippen molar-refractivity contribution in [2.45, 2.75) is 18.3 Å². The molecule has 1 heterocycles. The molecule has 138 valence electrons. The largest absolute Gasteiger partial charge is 0.573 e. The molecule has 8 heteroatoms. The molecule has 1 aliphatic rings. The highest BCUT2D eigenvalue weighted by Crippen LogP contribution is 2.30. The van der Waals surface area contributed by atoms with Crippen LogP contribution in [0, 0.1) is 0 Å². The highest BCUT2D eigenvalue weighted by atomic mass is 35.5. The Kier molecular flexibility index (Phi) is 5.11. The van der Waals surface area contributed by atoms with Crippen LogP contribution in [0.25, 0.3) is 0 Å². The molecule has 0 aromatic heterocycles. The Balaban J connectivity index is 1.77. The molecule has 0 aliphatic carbocycles. The number of nitrogens with one attached hydrogen (secondary N) is 2. The lowest BCUT2D eigenvalue weighted by Crippen LogP contribution is -2.47. The smallest absolute Gasteiger partial charge is 0.406 e. The van der Waals surface area contributed by atoms with E-state index in [1.807, 2.05) is 12.1 Å². The van der Waals surface area contributed by atoms with Gasteiger partial charge in [-0.15, -0.1) is 13.2 Å². The van der Waals surface area contributed by atoms with E-state index in [-0.39, 0.29) is 17.2 Å². The van der Waals surface area contributed by atoms with Gasteiger partial charge in [-0.3, -0.25) is 4.79 Å². The minimum Gasteiger partial charge on any atom is -0.406 e. The summed E-state index contributed by atoms with van der Waals surface area (Å²) in [6.07, 6.45) is -4.08. The molecule has 2 N–H and O–H groups in total. The Morgan fingerprint density at radius 3 is 2.31 bits per heavy atom. The number of carbonyl (C=O) groups is 1.